The second-order valence-corrected chi connectivity index (χ2v) is 5.52. The number of halogens is 3. The lowest BCUT2D eigenvalue weighted by atomic mass is 9.95. The summed E-state index contributed by atoms with van der Waals surface area (Å²) in [6.45, 7) is 1.50. The third kappa shape index (κ3) is 3.48. The predicted molar refractivity (Wildman–Crippen MR) is 71.9 cm³/mol. The van der Waals surface area contributed by atoms with Gasteiger partial charge in [-0.1, -0.05) is 30.9 Å². The number of rotatable bonds is 4. The Morgan fingerprint density at radius 3 is 2.65 bits per heavy atom. The highest BCUT2D eigenvalue weighted by Gasteiger charge is 2.22. The molecule has 0 radical (unpaired) electrons. The molecule has 1 aliphatic carbocycles. The van der Waals surface area contributed by atoms with Crippen molar-refractivity contribution in [1.82, 2.24) is 15.1 Å². The topological polar surface area (TPSA) is 46.9 Å². The molecule has 0 aliphatic heterocycles. The Morgan fingerprint density at radius 2 is 2.10 bits per heavy atom. The molecule has 0 aromatic carbocycles. The quantitative estimate of drug-likeness (QED) is 0.928. The van der Waals surface area contributed by atoms with Gasteiger partial charge >= 0.3 is 0 Å². The van der Waals surface area contributed by atoms with E-state index in [0.29, 0.717) is 5.69 Å². The zero-order valence-corrected chi connectivity index (χ0v) is 12.1. The van der Waals surface area contributed by atoms with Crippen LogP contribution in [0.4, 0.5) is 8.78 Å². The molecule has 1 amide bonds. The van der Waals surface area contributed by atoms with Crippen LogP contribution in [0.1, 0.15) is 49.9 Å². The number of carbonyl (C=O) groups is 1. The van der Waals surface area contributed by atoms with Crippen molar-refractivity contribution in [2.24, 2.45) is 0 Å². The average Bonchev–Trinajstić information content (AvgIpc) is 2.68. The number of carbonyl (C=O) groups excluding carboxylic acids is 1. The van der Waals surface area contributed by atoms with Gasteiger partial charge in [0.25, 0.3) is 6.43 Å². The summed E-state index contributed by atoms with van der Waals surface area (Å²) >= 11 is 5.79. The van der Waals surface area contributed by atoms with Crippen LogP contribution in [-0.4, -0.2) is 21.7 Å². The first-order chi connectivity index (χ1) is 9.49. The zero-order valence-electron chi connectivity index (χ0n) is 11.3. The molecule has 1 aromatic heterocycles. The van der Waals surface area contributed by atoms with E-state index in [9.17, 15) is 13.6 Å². The lowest BCUT2D eigenvalue weighted by molar-refractivity contribution is -0.122. The fourth-order valence-corrected chi connectivity index (χ4v) is 2.72. The normalized spacial score (nSPS) is 16.6. The number of amides is 1. The number of nitrogens with zero attached hydrogens (tertiary/aromatic N) is 2. The fourth-order valence-electron chi connectivity index (χ4n) is 2.50. The minimum absolute atomic E-state index is 0.0644. The molecule has 112 valence electrons. The summed E-state index contributed by atoms with van der Waals surface area (Å²) in [5.74, 6) is -0.208. The summed E-state index contributed by atoms with van der Waals surface area (Å²) in [5, 5.41) is 6.57. The monoisotopic (exact) mass is 305 g/mol. The van der Waals surface area contributed by atoms with Gasteiger partial charge in [0.1, 0.15) is 12.2 Å². The second kappa shape index (κ2) is 6.52. The van der Waals surface area contributed by atoms with Crippen LogP contribution in [0.25, 0.3) is 0 Å². The Kier molecular flexibility index (Phi) is 4.96. The van der Waals surface area contributed by atoms with E-state index in [1.807, 2.05) is 0 Å². The van der Waals surface area contributed by atoms with Crippen molar-refractivity contribution in [2.45, 2.75) is 58.0 Å². The van der Waals surface area contributed by atoms with Gasteiger partial charge in [0, 0.05) is 6.04 Å². The SMILES string of the molecule is Cc1c(Cl)c(C(F)F)nn1CC(=O)NC1CCCCC1. The highest BCUT2D eigenvalue weighted by atomic mass is 35.5. The third-order valence-electron chi connectivity index (χ3n) is 3.63. The van der Waals surface area contributed by atoms with Gasteiger partial charge in [-0.25, -0.2) is 8.78 Å². The molecule has 1 aromatic rings. The number of nitrogens with one attached hydrogen (secondary N) is 1. The summed E-state index contributed by atoms with van der Waals surface area (Å²) in [7, 11) is 0. The van der Waals surface area contributed by atoms with E-state index in [2.05, 4.69) is 10.4 Å². The largest absolute Gasteiger partial charge is 0.352 e. The first kappa shape index (κ1) is 15.2. The molecule has 20 heavy (non-hydrogen) atoms. The lowest BCUT2D eigenvalue weighted by Gasteiger charge is -2.22. The highest BCUT2D eigenvalue weighted by Crippen LogP contribution is 2.28. The van der Waals surface area contributed by atoms with E-state index >= 15 is 0 Å². The van der Waals surface area contributed by atoms with Gasteiger partial charge in [-0.15, -0.1) is 0 Å². The summed E-state index contributed by atoms with van der Waals surface area (Å²) in [5.41, 5.74) is -0.0737. The lowest BCUT2D eigenvalue weighted by Crippen LogP contribution is -2.38. The van der Waals surface area contributed by atoms with Crippen molar-refractivity contribution in [3.8, 4) is 0 Å². The molecule has 1 fully saturated rings. The molecular formula is C13H18ClF2N3O. The Morgan fingerprint density at radius 1 is 1.45 bits per heavy atom. The van der Waals surface area contributed by atoms with Gasteiger partial charge in [0.05, 0.1) is 10.7 Å². The Bertz CT molecular complexity index is 484. The standard InChI is InChI=1S/C13H18ClF2N3O/c1-8-11(14)12(13(15)16)18-19(8)7-10(20)17-9-5-3-2-4-6-9/h9,13H,2-7H2,1H3,(H,17,20). The number of aromatic nitrogens is 2. The number of hydrogen-bond donors (Lipinski definition) is 1. The van der Waals surface area contributed by atoms with Gasteiger partial charge < -0.3 is 5.32 Å². The minimum atomic E-state index is -2.73. The van der Waals surface area contributed by atoms with Crippen molar-refractivity contribution < 1.29 is 13.6 Å². The molecule has 0 saturated heterocycles. The summed E-state index contributed by atoms with van der Waals surface area (Å²) in [6, 6.07) is 0.192. The molecule has 2 rings (SSSR count). The van der Waals surface area contributed by atoms with Crippen molar-refractivity contribution >= 4 is 17.5 Å². The van der Waals surface area contributed by atoms with Crippen LogP contribution < -0.4 is 5.32 Å². The van der Waals surface area contributed by atoms with E-state index in [4.69, 9.17) is 11.6 Å². The van der Waals surface area contributed by atoms with E-state index in [1.165, 1.54) is 11.1 Å². The molecule has 1 saturated carbocycles. The maximum Gasteiger partial charge on any atom is 0.283 e. The van der Waals surface area contributed by atoms with Crippen molar-refractivity contribution in [1.29, 1.82) is 0 Å². The second-order valence-electron chi connectivity index (χ2n) is 5.15. The molecule has 0 bridgehead atoms. The first-order valence-electron chi connectivity index (χ1n) is 6.79. The van der Waals surface area contributed by atoms with Crippen molar-refractivity contribution in [3.05, 3.63) is 16.4 Å². The molecule has 4 nitrogen and oxygen atoms in total. The van der Waals surface area contributed by atoms with Crippen LogP contribution in [0.3, 0.4) is 0 Å². The molecule has 1 N–H and O–H groups in total. The van der Waals surface area contributed by atoms with E-state index in [-0.39, 0.29) is 23.5 Å². The van der Waals surface area contributed by atoms with Gasteiger partial charge in [0.2, 0.25) is 5.91 Å². The van der Waals surface area contributed by atoms with Crippen LogP contribution in [0.5, 0.6) is 0 Å². The Labute approximate surface area is 121 Å². The zero-order chi connectivity index (χ0) is 14.7. The van der Waals surface area contributed by atoms with Gasteiger partial charge in [-0.2, -0.15) is 5.10 Å². The van der Waals surface area contributed by atoms with Gasteiger partial charge in [-0.3, -0.25) is 9.48 Å². The first-order valence-corrected chi connectivity index (χ1v) is 7.17. The van der Waals surface area contributed by atoms with E-state index in [0.717, 1.165) is 25.7 Å². The van der Waals surface area contributed by atoms with Crippen molar-refractivity contribution in [3.63, 3.8) is 0 Å². The smallest absolute Gasteiger partial charge is 0.283 e. The maximum absolute atomic E-state index is 12.7. The van der Waals surface area contributed by atoms with Crippen LogP contribution in [-0.2, 0) is 11.3 Å². The maximum atomic E-state index is 12.7. The van der Waals surface area contributed by atoms with Crippen LogP contribution >= 0.6 is 11.6 Å². The fraction of sp³-hybridized carbons (Fsp3) is 0.692. The molecule has 0 spiro atoms. The minimum Gasteiger partial charge on any atom is -0.352 e. The van der Waals surface area contributed by atoms with E-state index < -0.39 is 12.1 Å². The van der Waals surface area contributed by atoms with Crippen molar-refractivity contribution in [2.75, 3.05) is 0 Å². The van der Waals surface area contributed by atoms with Gasteiger partial charge in [-0.05, 0) is 19.8 Å². The molecule has 7 heteroatoms. The molecule has 1 heterocycles. The number of alkyl halides is 2. The Hall–Kier alpha value is -1.17. The van der Waals surface area contributed by atoms with Gasteiger partial charge in [0.15, 0.2) is 0 Å². The Balaban J connectivity index is 1.98. The molecular weight excluding hydrogens is 288 g/mol. The molecule has 0 atom stereocenters. The van der Waals surface area contributed by atoms with Crippen LogP contribution in [0.15, 0.2) is 0 Å². The molecule has 1 aliphatic rings. The molecule has 0 unspecified atom stereocenters. The summed E-state index contributed by atoms with van der Waals surface area (Å²) < 4.78 is 26.6. The predicted octanol–water partition coefficient (Wildman–Crippen LogP) is 3.23. The van der Waals surface area contributed by atoms with E-state index in [1.54, 1.807) is 6.92 Å². The summed E-state index contributed by atoms with van der Waals surface area (Å²) in [6.07, 6.45) is 2.67. The van der Waals surface area contributed by atoms with Crippen LogP contribution in [0, 0.1) is 6.92 Å². The highest BCUT2D eigenvalue weighted by molar-refractivity contribution is 6.31. The van der Waals surface area contributed by atoms with Crippen LogP contribution in [0.2, 0.25) is 5.02 Å². The number of hydrogen-bond acceptors (Lipinski definition) is 2. The summed E-state index contributed by atoms with van der Waals surface area (Å²) in [4.78, 5) is 11.9. The average molecular weight is 306 g/mol. The third-order valence-corrected chi connectivity index (χ3v) is 4.10.